The minimum absolute atomic E-state index is 0.0398. The van der Waals surface area contributed by atoms with Crippen molar-refractivity contribution in [3.63, 3.8) is 0 Å². The van der Waals surface area contributed by atoms with Crippen LogP contribution < -0.4 is 4.90 Å². The number of rotatable bonds is 6. The van der Waals surface area contributed by atoms with E-state index in [4.69, 9.17) is 4.74 Å². The number of hydrogen-bond donors (Lipinski definition) is 0. The van der Waals surface area contributed by atoms with E-state index in [9.17, 15) is 18.0 Å². The van der Waals surface area contributed by atoms with Gasteiger partial charge in [0.05, 0.1) is 25.3 Å². The Morgan fingerprint density at radius 2 is 1.82 bits per heavy atom. The monoisotopic (exact) mass is 554 g/mol. The maximum Gasteiger partial charge on any atom is 0.416 e. The second-order valence-corrected chi connectivity index (χ2v) is 11.4. The quantitative estimate of drug-likeness (QED) is 0.462. The summed E-state index contributed by atoms with van der Waals surface area (Å²) in [6.07, 6.45) is -2.31. The zero-order valence-electron chi connectivity index (χ0n) is 22.9. The van der Waals surface area contributed by atoms with Gasteiger partial charge in [0.1, 0.15) is 12.2 Å². The van der Waals surface area contributed by atoms with Crippen LogP contribution in [0.1, 0.15) is 51.4 Å². The first-order valence-electron chi connectivity index (χ1n) is 13.6. The molecule has 1 aromatic heterocycles. The molecular weight excluding hydrogens is 521 g/mol. The van der Waals surface area contributed by atoms with Gasteiger partial charge in [0.15, 0.2) is 0 Å². The standard InChI is InChI=1S/C29H33F3N6O2/c1-19(37-9-7-35(2)8-10-37)20-11-23-24(25(12-20)29(30,31)32)15-38(27(23)39)22-6-4-5-21(13-22)28(16-40-17-28)14-26-34-33-18-36(26)3/h4-6,11-13,18-19H,7-10,14-17H2,1-3H3. The van der Waals surface area contributed by atoms with Gasteiger partial charge in [-0.2, -0.15) is 13.2 Å². The van der Waals surface area contributed by atoms with Crippen LogP contribution in [-0.2, 0) is 36.3 Å². The third-order valence-electron chi connectivity index (χ3n) is 8.77. The van der Waals surface area contributed by atoms with Gasteiger partial charge in [-0.3, -0.25) is 9.69 Å². The summed E-state index contributed by atoms with van der Waals surface area (Å²) in [5.74, 6) is 0.410. The van der Waals surface area contributed by atoms with E-state index in [1.807, 2.05) is 43.8 Å². The Morgan fingerprint density at radius 3 is 2.45 bits per heavy atom. The van der Waals surface area contributed by atoms with Crippen LogP contribution in [0.15, 0.2) is 42.7 Å². The smallest absolute Gasteiger partial charge is 0.379 e. The van der Waals surface area contributed by atoms with Gasteiger partial charge < -0.3 is 19.1 Å². The number of aromatic nitrogens is 3. The van der Waals surface area contributed by atoms with Crippen molar-refractivity contribution in [2.45, 2.75) is 37.5 Å². The summed E-state index contributed by atoms with van der Waals surface area (Å²) in [5.41, 5.74) is 1.17. The largest absolute Gasteiger partial charge is 0.416 e. The Labute approximate surface area is 231 Å². The number of aryl methyl sites for hydroxylation is 1. The Hall–Kier alpha value is -3.28. The van der Waals surface area contributed by atoms with E-state index in [1.54, 1.807) is 18.5 Å². The Bertz CT molecular complexity index is 1430. The molecule has 2 fully saturated rings. The third kappa shape index (κ3) is 4.69. The maximum absolute atomic E-state index is 14.3. The van der Waals surface area contributed by atoms with Crippen LogP contribution in [0.5, 0.6) is 0 Å². The fourth-order valence-corrected chi connectivity index (χ4v) is 6.05. The van der Waals surface area contributed by atoms with Gasteiger partial charge in [0.25, 0.3) is 5.91 Å². The molecule has 0 spiro atoms. The molecule has 2 saturated heterocycles. The summed E-state index contributed by atoms with van der Waals surface area (Å²) in [6.45, 7) is 6.02. The number of likely N-dealkylation sites (N-methyl/N-ethyl adjacent to an activating group) is 1. The third-order valence-corrected chi connectivity index (χ3v) is 8.77. The van der Waals surface area contributed by atoms with E-state index in [1.165, 1.54) is 11.0 Å². The molecule has 1 unspecified atom stereocenters. The molecule has 40 heavy (non-hydrogen) atoms. The van der Waals surface area contributed by atoms with Gasteiger partial charge in [-0.25, -0.2) is 0 Å². The van der Waals surface area contributed by atoms with Gasteiger partial charge in [-0.15, -0.1) is 10.2 Å². The van der Waals surface area contributed by atoms with Crippen molar-refractivity contribution in [3.8, 4) is 0 Å². The average molecular weight is 555 g/mol. The number of benzene rings is 2. The molecule has 0 aliphatic carbocycles. The van der Waals surface area contributed by atoms with Crippen LogP contribution in [0.3, 0.4) is 0 Å². The lowest BCUT2D eigenvalue weighted by Gasteiger charge is -2.42. The number of amides is 1. The summed E-state index contributed by atoms with van der Waals surface area (Å²) in [7, 11) is 3.92. The molecule has 3 aliphatic rings. The molecule has 0 N–H and O–H groups in total. The highest BCUT2D eigenvalue weighted by atomic mass is 19.4. The number of hydrogen-bond acceptors (Lipinski definition) is 6. The first-order chi connectivity index (χ1) is 19.1. The Morgan fingerprint density at radius 1 is 1.07 bits per heavy atom. The van der Waals surface area contributed by atoms with Crippen LogP contribution in [0.4, 0.5) is 18.9 Å². The molecule has 212 valence electrons. The van der Waals surface area contributed by atoms with Crippen molar-refractivity contribution in [1.82, 2.24) is 24.6 Å². The molecule has 1 amide bonds. The van der Waals surface area contributed by atoms with Crippen LogP contribution >= 0.6 is 0 Å². The zero-order chi connectivity index (χ0) is 28.2. The number of alkyl halides is 3. The average Bonchev–Trinajstić information content (AvgIpc) is 3.47. The summed E-state index contributed by atoms with van der Waals surface area (Å²) in [5, 5.41) is 8.19. The van der Waals surface area contributed by atoms with Crippen LogP contribution in [0, 0.1) is 0 Å². The van der Waals surface area contributed by atoms with Crippen molar-refractivity contribution < 1.29 is 22.7 Å². The molecular formula is C29H33F3N6O2. The Kier molecular flexibility index (Phi) is 6.71. The second-order valence-electron chi connectivity index (χ2n) is 11.4. The lowest BCUT2D eigenvalue weighted by molar-refractivity contribution is -0.138. The SMILES string of the molecule is CC(c1cc2c(c(C(F)(F)F)c1)CN(c1cccc(C3(Cc4nncn4C)COC3)c1)C2=O)N1CCN(C)CC1. The highest BCUT2D eigenvalue weighted by Gasteiger charge is 2.44. The Balaban J connectivity index is 1.32. The van der Waals surface area contributed by atoms with E-state index in [0.717, 1.165) is 37.6 Å². The number of carbonyl (C=O) groups is 1. The minimum Gasteiger partial charge on any atom is -0.379 e. The predicted molar refractivity (Wildman–Crippen MR) is 143 cm³/mol. The molecule has 2 aromatic carbocycles. The van der Waals surface area contributed by atoms with Crippen molar-refractivity contribution in [2.75, 3.05) is 51.3 Å². The fraction of sp³-hybridized carbons (Fsp3) is 0.483. The summed E-state index contributed by atoms with van der Waals surface area (Å²) < 4.78 is 50.5. The maximum atomic E-state index is 14.3. The van der Waals surface area contributed by atoms with Crippen LogP contribution in [0.25, 0.3) is 0 Å². The van der Waals surface area contributed by atoms with E-state index >= 15 is 0 Å². The normalized spacial score (nSPS) is 20.4. The fourth-order valence-electron chi connectivity index (χ4n) is 6.05. The molecule has 8 nitrogen and oxygen atoms in total. The number of nitrogens with zero attached hydrogens (tertiary/aromatic N) is 6. The topological polar surface area (TPSA) is 66.7 Å². The first-order valence-corrected chi connectivity index (χ1v) is 13.6. The zero-order valence-corrected chi connectivity index (χ0v) is 22.9. The highest BCUT2D eigenvalue weighted by Crippen LogP contribution is 2.42. The van der Waals surface area contributed by atoms with Gasteiger partial charge in [0.2, 0.25) is 0 Å². The van der Waals surface area contributed by atoms with Crippen molar-refractivity contribution in [2.24, 2.45) is 7.05 Å². The predicted octanol–water partition coefficient (Wildman–Crippen LogP) is 3.81. The lowest BCUT2D eigenvalue weighted by atomic mass is 9.75. The van der Waals surface area contributed by atoms with E-state index in [2.05, 4.69) is 20.0 Å². The molecule has 4 heterocycles. The summed E-state index contributed by atoms with van der Waals surface area (Å²) in [6, 6.07) is 10.2. The second kappa shape index (κ2) is 9.97. The van der Waals surface area contributed by atoms with Crippen LogP contribution in [-0.4, -0.2) is 76.9 Å². The molecule has 1 atom stereocenters. The number of ether oxygens (including phenoxy) is 1. The molecule has 0 bridgehead atoms. The van der Waals surface area contributed by atoms with Gasteiger partial charge in [-0.1, -0.05) is 12.1 Å². The molecule has 0 radical (unpaired) electrons. The lowest BCUT2D eigenvalue weighted by Crippen LogP contribution is -2.49. The van der Waals surface area contributed by atoms with Gasteiger partial charge in [0, 0.05) is 62.4 Å². The molecule has 0 saturated carbocycles. The molecule has 11 heteroatoms. The number of anilines is 1. The van der Waals surface area contributed by atoms with Crippen molar-refractivity contribution in [1.29, 1.82) is 0 Å². The van der Waals surface area contributed by atoms with Gasteiger partial charge in [-0.05, 0) is 54.9 Å². The van der Waals surface area contributed by atoms with Crippen molar-refractivity contribution >= 4 is 11.6 Å². The summed E-state index contributed by atoms with van der Waals surface area (Å²) >= 11 is 0. The molecule has 3 aromatic rings. The van der Waals surface area contributed by atoms with E-state index in [0.29, 0.717) is 30.9 Å². The van der Waals surface area contributed by atoms with Gasteiger partial charge >= 0.3 is 6.18 Å². The summed E-state index contributed by atoms with van der Waals surface area (Å²) in [4.78, 5) is 19.6. The van der Waals surface area contributed by atoms with Crippen molar-refractivity contribution in [3.05, 3.63) is 76.4 Å². The molecule has 3 aliphatic heterocycles. The minimum atomic E-state index is -4.57. The highest BCUT2D eigenvalue weighted by molar-refractivity contribution is 6.10. The number of halogens is 3. The number of carbonyl (C=O) groups excluding carboxylic acids is 1. The van der Waals surface area contributed by atoms with E-state index < -0.39 is 17.6 Å². The number of fused-ring (bicyclic) bond motifs is 1. The van der Waals surface area contributed by atoms with Crippen LogP contribution in [0.2, 0.25) is 0 Å². The number of piperazine rings is 1. The van der Waals surface area contributed by atoms with E-state index in [-0.39, 0.29) is 29.1 Å². The molecule has 6 rings (SSSR count). The first kappa shape index (κ1) is 26.9.